The highest BCUT2D eigenvalue weighted by Gasteiger charge is 2.57. The molecule has 4 aliphatic rings. The van der Waals surface area contributed by atoms with Gasteiger partial charge in [-0.05, 0) is 48.9 Å². The first-order chi connectivity index (χ1) is 14.0. The summed E-state index contributed by atoms with van der Waals surface area (Å²) in [5.74, 6) is -0.159. The van der Waals surface area contributed by atoms with Crippen molar-refractivity contribution in [2.45, 2.75) is 29.7 Å². The van der Waals surface area contributed by atoms with Crippen LogP contribution in [0.2, 0.25) is 0 Å². The molecule has 1 N–H and O–H groups in total. The van der Waals surface area contributed by atoms with Crippen LogP contribution in [-0.2, 0) is 21.0 Å². The molecule has 3 saturated heterocycles. The number of cyclic esters (lactones) is 1. The van der Waals surface area contributed by atoms with Gasteiger partial charge in [0, 0.05) is 24.8 Å². The van der Waals surface area contributed by atoms with Gasteiger partial charge in [0.05, 0.1) is 18.0 Å². The normalized spacial score (nSPS) is 24.1. The summed E-state index contributed by atoms with van der Waals surface area (Å²) < 4.78 is 42.2. The molecule has 0 radical (unpaired) electrons. The molecule has 5 rings (SSSR count). The average molecular weight is 437 g/mol. The third kappa shape index (κ3) is 3.30. The fourth-order valence-electron chi connectivity index (χ4n) is 5.43. The number of likely N-dealkylation sites (tertiary alicyclic amines) is 2. The molecule has 0 aromatic heterocycles. The van der Waals surface area contributed by atoms with Crippen LogP contribution in [0.5, 0.6) is 0 Å². The average Bonchev–Trinajstić information content (AvgIpc) is 2.95. The Hall–Kier alpha value is -2.36. The van der Waals surface area contributed by atoms with Crippen molar-refractivity contribution < 1.29 is 27.1 Å². The van der Waals surface area contributed by atoms with Crippen LogP contribution in [0.4, 0.5) is 14.0 Å². The summed E-state index contributed by atoms with van der Waals surface area (Å²) in [4.78, 5) is 27.4. The maximum Gasteiger partial charge on any atom is 0.407 e. The molecule has 1 aromatic rings. The van der Waals surface area contributed by atoms with E-state index in [0.29, 0.717) is 50.7 Å². The SMILES string of the molecule is CS(=O)(=O)c1cc(F)cc(CC2CC3(C2)CN(C(=O)N2CC4(COC(=O)N4)C2)C3)c1. The first-order valence-electron chi connectivity index (χ1n) is 10.0. The number of rotatable bonds is 3. The molecule has 1 saturated carbocycles. The molecule has 1 aromatic carbocycles. The third-order valence-electron chi connectivity index (χ3n) is 6.75. The molecule has 0 atom stereocenters. The van der Waals surface area contributed by atoms with Crippen molar-refractivity contribution >= 4 is 22.0 Å². The largest absolute Gasteiger partial charge is 0.447 e. The Morgan fingerprint density at radius 3 is 2.47 bits per heavy atom. The highest BCUT2D eigenvalue weighted by Crippen LogP contribution is 2.53. The number of hydrogen-bond donors (Lipinski definition) is 1. The van der Waals surface area contributed by atoms with Gasteiger partial charge in [0.1, 0.15) is 18.0 Å². The molecule has 162 valence electrons. The molecule has 1 aliphatic carbocycles. The predicted molar refractivity (Wildman–Crippen MR) is 104 cm³/mol. The van der Waals surface area contributed by atoms with E-state index in [1.165, 1.54) is 6.07 Å². The van der Waals surface area contributed by atoms with E-state index in [4.69, 9.17) is 4.74 Å². The van der Waals surface area contributed by atoms with Gasteiger partial charge in [-0.3, -0.25) is 0 Å². The summed E-state index contributed by atoms with van der Waals surface area (Å²) >= 11 is 0. The summed E-state index contributed by atoms with van der Waals surface area (Å²) in [5.41, 5.74) is 0.432. The van der Waals surface area contributed by atoms with Crippen LogP contribution in [0, 0.1) is 17.2 Å². The Labute approximate surface area is 174 Å². The van der Waals surface area contributed by atoms with E-state index in [1.54, 1.807) is 11.0 Å². The Morgan fingerprint density at radius 1 is 1.20 bits per heavy atom. The zero-order valence-electron chi connectivity index (χ0n) is 16.7. The fourth-order valence-corrected chi connectivity index (χ4v) is 6.13. The summed E-state index contributed by atoms with van der Waals surface area (Å²) in [6.07, 6.45) is 3.21. The molecular formula is C20H24FN3O5S. The molecule has 0 unspecified atom stereocenters. The highest BCUT2D eigenvalue weighted by atomic mass is 32.2. The van der Waals surface area contributed by atoms with Crippen molar-refractivity contribution in [1.29, 1.82) is 0 Å². The number of halogens is 1. The van der Waals surface area contributed by atoms with Crippen LogP contribution in [-0.4, -0.2) is 74.9 Å². The van der Waals surface area contributed by atoms with Crippen molar-refractivity contribution in [2.75, 3.05) is 39.0 Å². The van der Waals surface area contributed by atoms with Gasteiger partial charge in [-0.2, -0.15) is 0 Å². The van der Waals surface area contributed by atoms with Crippen LogP contribution in [0.25, 0.3) is 0 Å². The number of ether oxygens (including phenoxy) is 1. The van der Waals surface area contributed by atoms with Gasteiger partial charge in [0.15, 0.2) is 9.84 Å². The molecular weight excluding hydrogens is 413 g/mol. The van der Waals surface area contributed by atoms with E-state index in [9.17, 15) is 22.4 Å². The van der Waals surface area contributed by atoms with E-state index in [2.05, 4.69) is 5.32 Å². The standard InChI is InChI=1S/C20H24FN3O5S/c1-30(27,28)16-4-13(3-15(21)5-16)2-14-6-19(7-14)8-23(9-19)18(26)24-10-20(11-24)12-29-17(25)22-20/h3-5,14H,2,6-12H2,1H3,(H,22,25). The first-order valence-corrected chi connectivity index (χ1v) is 11.9. The Bertz CT molecular complexity index is 1020. The number of alkyl carbamates (subject to hydrolysis) is 1. The number of hydrogen-bond acceptors (Lipinski definition) is 5. The molecule has 0 bridgehead atoms. The van der Waals surface area contributed by atoms with Gasteiger partial charge in [-0.1, -0.05) is 0 Å². The molecule has 2 spiro atoms. The van der Waals surface area contributed by atoms with Gasteiger partial charge in [0.2, 0.25) is 0 Å². The van der Waals surface area contributed by atoms with Crippen molar-refractivity contribution in [3.05, 3.63) is 29.6 Å². The number of benzene rings is 1. The summed E-state index contributed by atoms with van der Waals surface area (Å²) in [6, 6.07) is 4.02. The number of carbonyl (C=O) groups is 2. The van der Waals surface area contributed by atoms with Crippen molar-refractivity contribution in [1.82, 2.24) is 15.1 Å². The van der Waals surface area contributed by atoms with E-state index >= 15 is 0 Å². The van der Waals surface area contributed by atoms with E-state index in [0.717, 1.165) is 25.2 Å². The Balaban J connectivity index is 1.11. The number of nitrogens with zero attached hydrogens (tertiary/aromatic N) is 2. The minimum absolute atomic E-state index is 0.00114. The van der Waals surface area contributed by atoms with Crippen molar-refractivity contribution in [3.8, 4) is 0 Å². The molecule has 30 heavy (non-hydrogen) atoms. The second kappa shape index (κ2) is 6.32. The number of nitrogens with one attached hydrogen (secondary N) is 1. The first kappa shape index (κ1) is 19.6. The van der Waals surface area contributed by atoms with Crippen LogP contribution >= 0.6 is 0 Å². The maximum absolute atomic E-state index is 13.8. The summed E-state index contributed by atoms with van der Waals surface area (Å²) in [6.45, 7) is 2.69. The fraction of sp³-hybridized carbons (Fsp3) is 0.600. The minimum atomic E-state index is -3.44. The van der Waals surface area contributed by atoms with Gasteiger partial charge in [-0.25, -0.2) is 22.4 Å². The smallest absolute Gasteiger partial charge is 0.407 e. The van der Waals surface area contributed by atoms with Crippen LogP contribution in [0.15, 0.2) is 23.1 Å². The van der Waals surface area contributed by atoms with Gasteiger partial charge in [-0.15, -0.1) is 0 Å². The molecule has 4 fully saturated rings. The minimum Gasteiger partial charge on any atom is -0.447 e. The second-order valence-electron chi connectivity index (χ2n) is 9.52. The maximum atomic E-state index is 13.8. The van der Waals surface area contributed by atoms with Crippen LogP contribution in [0.3, 0.4) is 0 Å². The molecule has 8 nitrogen and oxygen atoms in total. The Morgan fingerprint density at radius 2 is 1.87 bits per heavy atom. The zero-order chi connectivity index (χ0) is 21.3. The molecule has 3 heterocycles. The van der Waals surface area contributed by atoms with E-state index < -0.39 is 27.3 Å². The number of sulfone groups is 1. The molecule has 3 amide bonds. The molecule has 3 aliphatic heterocycles. The topological polar surface area (TPSA) is 96.0 Å². The second-order valence-corrected chi connectivity index (χ2v) is 11.5. The summed E-state index contributed by atoms with van der Waals surface area (Å²) in [7, 11) is -3.44. The lowest BCUT2D eigenvalue weighted by Crippen LogP contribution is -2.74. The lowest BCUT2D eigenvalue weighted by molar-refractivity contribution is -0.0827. The van der Waals surface area contributed by atoms with Crippen LogP contribution < -0.4 is 5.32 Å². The Kier molecular flexibility index (Phi) is 4.13. The van der Waals surface area contributed by atoms with Gasteiger partial charge >= 0.3 is 12.1 Å². The van der Waals surface area contributed by atoms with E-state index in [1.807, 2.05) is 4.90 Å². The number of carbonyl (C=O) groups excluding carboxylic acids is 2. The monoisotopic (exact) mass is 437 g/mol. The van der Waals surface area contributed by atoms with Crippen molar-refractivity contribution in [2.24, 2.45) is 11.3 Å². The molecule has 10 heteroatoms. The van der Waals surface area contributed by atoms with Gasteiger partial charge < -0.3 is 19.9 Å². The van der Waals surface area contributed by atoms with Gasteiger partial charge in [0.25, 0.3) is 0 Å². The number of amides is 3. The van der Waals surface area contributed by atoms with E-state index in [-0.39, 0.29) is 16.3 Å². The third-order valence-corrected chi connectivity index (χ3v) is 7.85. The van der Waals surface area contributed by atoms with Crippen molar-refractivity contribution in [3.63, 3.8) is 0 Å². The number of urea groups is 1. The quantitative estimate of drug-likeness (QED) is 0.771. The van der Waals surface area contributed by atoms with Crippen LogP contribution in [0.1, 0.15) is 18.4 Å². The lowest BCUT2D eigenvalue weighted by atomic mass is 9.56. The highest BCUT2D eigenvalue weighted by molar-refractivity contribution is 7.90. The lowest BCUT2D eigenvalue weighted by Gasteiger charge is -2.61. The summed E-state index contributed by atoms with van der Waals surface area (Å²) in [5, 5.41) is 2.77. The predicted octanol–water partition coefficient (Wildman–Crippen LogP) is 1.40. The zero-order valence-corrected chi connectivity index (χ0v) is 17.5.